The van der Waals surface area contributed by atoms with Crippen LogP contribution in [0.2, 0.25) is 0 Å². The van der Waals surface area contributed by atoms with Crippen LogP contribution in [0.4, 0.5) is 0 Å². The van der Waals surface area contributed by atoms with Crippen LogP contribution in [0.15, 0.2) is 66.0 Å². The van der Waals surface area contributed by atoms with E-state index in [-0.39, 0.29) is 30.1 Å². The normalized spacial score (nSPS) is 25.2. The predicted octanol–water partition coefficient (Wildman–Crippen LogP) is 2.23. The third-order valence-corrected chi connectivity index (χ3v) is 5.40. The summed E-state index contributed by atoms with van der Waals surface area (Å²) in [5, 5.41) is 7.75. The zero-order valence-corrected chi connectivity index (χ0v) is 18.1. The Morgan fingerprint density at radius 2 is 2.23 bits per heavy atom. The molecular formula is C23H38N6O. The van der Waals surface area contributed by atoms with Crippen LogP contribution in [-0.2, 0) is 4.84 Å². The van der Waals surface area contributed by atoms with Crippen molar-refractivity contribution in [2.75, 3.05) is 13.2 Å². The molecule has 0 aromatic carbocycles. The quantitative estimate of drug-likeness (QED) is 0.129. The lowest BCUT2D eigenvalue weighted by Crippen LogP contribution is -2.43. The number of nitrogens with one attached hydrogen (secondary N) is 3. The van der Waals surface area contributed by atoms with Crippen molar-refractivity contribution in [3.63, 3.8) is 0 Å². The monoisotopic (exact) mass is 414 g/mol. The first-order chi connectivity index (χ1) is 14.6. The van der Waals surface area contributed by atoms with Crippen molar-refractivity contribution in [3.05, 3.63) is 60.9 Å². The number of dihydropyridines is 1. The molecule has 0 bridgehead atoms. The molecule has 5 atom stereocenters. The smallest absolute Gasteiger partial charge is 0.0853 e. The van der Waals surface area contributed by atoms with Crippen molar-refractivity contribution in [1.82, 2.24) is 16.2 Å². The zero-order valence-electron chi connectivity index (χ0n) is 18.1. The van der Waals surface area contributed by atoms with Crippen LogP contribution in [0.1, 0.15) is 32.6 Å². The lowest BCUT2D eigenvalue weighted by Gasteiger charge is -2.27. The van der Waals surface area contributed by atoms with Gasteiger partial charge in [0, 0.05) is 30.8 Å². The van der Waals surface area contributed by atoms with Gasteiger partial charge in [0.05, 0.1) is 24.9 Å². The maximum atomic E-state index is 6.13. The first-order valence-corrected chi connectivity index (χ1v) is 10.8. The van der Waals surface area contributed by atoms with E-state index in [1.54, 1.807) is 0 Å². The summed E-state index contributed by atoms with van der Waals surface area (Å²) in [7, 11) is 0. The molecule has 2 heterocycles. The third-order valence-electron chi connectivity index (χ3n) is 5.40. The largest absolute Gasteiger partial charge is 0.381 e. The van der Waals surface area contributed by atoms with Gasteiger partial charge in [-0.2, -0.15) is 10.6 Å². The molecular weight excluding hydrogens is 376 g/mol. The maximum absolute atomic E-state index is 6.13. The fourth-order valence-electron chi connectivity index (χ4n) is 3.58. The number of rotatable bonds is 14. The molecule has 0 saturated heterocycles. The Labute approximate surface area is 181 Å². The molecule has 2 rings (SSSR count). The Bertz CT molecular complexity index is 669. The maximum Gasteiger partial charge on any atom is 0.0853 e. The molecule has 0 fully saturated rings. The van der Waals surface area contributed by atoms with Crippen LogP contribution < -0.4 is 27.7 Å². The highest BCUT2D eigenvalue weighted by molar-refractivity contribution is 5.71. The molecule has 2 aliphatic heterocycles. The number of allylic oxidation sites excluding steroid dienone is 2. The standard InChI is InChI=1S/C23H38N6O/c1-4-7-9-18-14-19(26-15-20(18)21-16-27-28-22(21)6-3)11-8-10-17(5-2)23(25)29-30-13-12-24/h5-6,8,11,14-17,19,21-23,26,28-29H,2-4,7,9-10,12-13,24-25H2,1H3/b11-8+. The van der Waals surface area contributed by atoms with Gasteiger partial charge in [-0.15, -0.1) is 13.2 Å². The van der Waals surface area contributed by atoms with Gasteiger partial charge in [0.25, 0.3) is 0 Å². The highest BCUT2D eigenvalue weighted by atomic mass is 16.6. The Balaban J connectivity index is 1.99. The van der Waals surface area contributed by atoms with Gasteiger partial charge in [-0.3, -0.25) is 4.84 Å². The molecule has 7 nitrogen and oxygen atoms in total. The molecule has 0 aromatic rings. The van der Waals surface area contributed by atoms with E-state index in [1.807, 2.05) is 18.4 Å². The number of hydrogen-bond donors (Lipinski definition) is 5. The van der Waals surface area contributed by atoms with Crippen molar-refractivity contribution in [2.45, 2.75) is 50.9 Å². The molecule has 7 N–H and O–H groups in total. The summed E-state index contributed by atoms with van der Waals surface area (Å²) >= 11 is 0. The van der Waals surface area contributed by atoms with Crippen molar-refractivity contribution in [2.24, 2.45) is 28.4 Å². The average molecular weight is 415 g/mol. The number of nitrogens with zero attached hydrogens (tertiary/aromatic N) is 1. The van der Waals surface area contributed by atoms with Crippen LogP contribution in [0, 0.1) is 11.8 Å². The van der Waals surface area contributed by atoms with Gasteiger partial charge in [-0.05, 0) is 30.4 Å². The topological polar surface area (TPSA) is 110 Å². The van der Waals surface area contributed by atoms with Crippen LogP contribution in [0.5, 0.6) is 0 Å². The number of hydrogen-bond acceptors (Lipinski definition) is 7. The summed E-state index contributed by atoms with van der Waals surface area (Å²) < 4.78 is 0. The Hall–Kier alpha value is -2.19. The van der Waals surface area contributed by atoms with E-state index in [0.717, 1.165) is 19.3 Å². The first kappa shape index (κ1) is 24.1. The van der Waals surface area contributed by atoms with E-state index < -0.39 is 0 Å². The van der Waals surface area contributed by atoms with Gasteiger partial charge in [0.1, 0.15) is 0 Å². The van der Waals surface area contributed by atoms with Crippen molar-refractivity contribution >= 4 is 6.21 Å². The van der Waals surface area contributed by atoms with E-state index in [2.05, 4.69) is 65.8 Å². The molecule has 30 heavy (non-hydrogen) atoms. The molecule has 0 spiro atoms. The number of hydroxylamine groups is 1. The Kier molecular flexibility index (Phi) is 10.6. The molecule has 7 heteroatoms. The van der Waals surface area contributed by atoms with Crippen molar-refractivity contribution < 1.29 is 4.84 Å². The van der Waals surface area contributed by atoms with E-state index in [9.17, 15) is 0 Å². The van der Waals surface area contributed by atoms with E-state index in [0.29, 0.717) is 13.2 Å². The van der Waals surface area contributed by atoms with Crippen molar-refractivity contribution in [3.8, 4) is 0 Å². The minimum Gasteiger partial charge on any atom is -0.381 e. The molecule has 0 aromatic heterocycles. The van der Waals surface area contributed by atoms with Crippen molar-refractivity contribution in [1.29, 1.82) is 0 Å². The van der Waals surface area contributed by atoms with Crippen LogP contribution in [0.25, 0.3) is 0 Å². The molecule has 0 amide bonds. The molecule has 166 valence electrons. The zero-order chi connectivity index (χ0) is 21.8. The fourth-order valence-corrected chi connectivity index (χ4v) is 3.58. The molecule has 2 aliphatic rings. The van der Waals surface area contributed by atoms with Gasteiger partial charge in [0.15, 0.2) is 0 Å². The van der Waals surface area contributed by atoms with Gasteiger partial charge >= 0.3 is 0 Å². The second-order valence-corrected chi connectivity index (χ2v) is 7.63. The molecule has 0 aliphatic carbocycles. The fraction of sp³-hybridized carbons (Fsp3) is 0.522. The first-order valence-electron chi connectivity index (χ1n) is 10.8. The van der Waals surface area contributed by atoms with Crippen LogP contribution in [0.3, 0.4) is 0 Å². The third kappa shape index (κ3) is 6.95. The number of hydrazone groups is 1. The summed E-state index contributed by atoms with van der Waals surface area (Å²) in [5.41, 5.74) is 20.2. The van der Waals surface area contributed by atoms with Crippen LogP contribution >= 0.6 is 0 Å². The Morgan fingerprint density at radius 1 is 1.40 bits per heavy atom. The number of unbranched alkanes of at least 4 members (excludes halogenated alkanes) is 1. The minimum atomic E-state index is -0.329. The van der Waals surface area contributed by atoms with Gasteiger partial charge in [-0.25, -0.2) is 0 Å². The number of nitrogens with two attached hydrogens (primary N) is 2. The lowest BCUT2D eigenvalue weighted by atomic mass is 9.84. The summed E-state index contributed by atoms with van der Waals surface area (Å²) in [5.74, 6) is 0.275. The van der Waals surface area contributed by atoms with E-state index in [1.165, 1.54) is 17.6 Å². The molecule has 0 radical (unpaired) electrons. The van der Waals surface area contributed by atoms with Gasteiger partial charge in [-0.1, -0.05) is 43.7 Å². The van der Waals surface area contributed by atoms with E-state index in [4.69, 9.17) is 16.3 Å². The van der Waals surface area contributed by atoms with Gasteiger partial charge < -0.3 is 22.2 Å². The van der Waals surface area contributed by atoms with E-state index >= 15 is 0 Å². The Morgan fingerprint density at radius 3 is 2.93 bits per heavy atom. The highest BCUT2D eigenvalue weighted by Gasteiger charge is 2.28. The van der Waals surface area contributed by atoms with Crippen LogP contribution in [-0.4, -0.2) is 37.6 Å². The predicted molar refractivity (Wildman–Crippen MR) is 125 cm³/mol. The summed E-state index contributed by atoms with van der Waals surface area (Å²) in [6, 6.07) is 0.288. The second-order valence-electron chi connectivity index (χ2n) is 7.63. The summed E-state index contributed by atoms with van der Waals surface area (Å²) in [6.07, 6.45) is 18.4. The SMILES string of the molecule is C=CC(C/C=C/C1C=C(CCCC)C(C2C=NNC2C=C)=CN1)C(N)NOCCN. The molecule has 5 unspecified atom stereocenters. The lowest BCUT2D eigenvalue weighted by molar-refractivity contribution is 0.0126. The minimum absolute atomic E-state index is 0.0615. The molecule has 0 saturated carbocycles. The van der Waals surface area contributed by atoms with Gasteiger partial charge in [0.2, 0.25) is 0 Å². The highest BCUT2D eigenvalue weighted by Crippen LogP contribution is 2.30. The second kappa shape index (κ2) is 13.2. The summed E-state index contributed by atoms with van der Waals surface area (Å²) in [6.45, 7) is 10.9. The summed E-state index contributed by atoms with van der Waals surface area (Å²) in [4.78, 5) is 5.23. The average Bonchev–Trinajstić information content (AvgIpc) is 3.24.